The number of nitrogens with one attached hydrogen (secondary N) is 1. The Morgan fingerprint density at radius 3 is 2.41 bits per heavy atom. The van der Waals surface area contributed by atoms with Gasteiger partial charge in [0.1, 0.15) is 5.56 Å². The molecule has 4 aromatic rings. The van der Waals surface area contributed by atoms with Gasteiger partial charge in [-0.1, -0.05) is 6.07 Å². The summed E-state index contributed by atoms with van der Waals surface area (Å²) in [4.78, 5) is 16.8. The van der Waals surface area contributed by atoms with Gasteiger partial charge in [-0.3, -0.25) is 4.79 Å². The fraction of sp³-hybridized carbons (Fsp3) is 0.0952. The maximum atomic E-state index is 13.7. The standard InChI is InChI=1S/C21H13F5N4O3S/c1-34(32,33)13-4-2-3-12(8-13)28-20(31)14-10-27-30-18(21(24,25)26)9-17(29-19(14)30)11-5-6-15(22)16(23)7-11/h2-10H,1H3,(H,28,31). The van der Waals surface area contributed by atoms with Gasteiger partial charge >= 0.3 is 6.18 Å². The molecule has 0 atom stereocenters. The van der Waals surface area contributed by atoms with Crippen molar-refractivity contribution in [3.8, 4) is 11.3 Å². The number of alkyl halides is 3. The van der Waals surface area contributed by atoms with Crippen LogP contribution < -0.4 is 5.32 Å². The Morgan fingerprint density at radius 1 is 1.03 bits per heavy atom. The Balaban J connectivity index is 1.83. The number of rotatable bonds is 4. The molecule has 34 heavy (non-hydrogen) atoms. The Kier molecular flexibility index (Phi) is 5.59. The van der Waals surface area contributed by atoms with Crippen LogP contribution in [0.3, 0.4) is 0 Å². The first-order chi connectivity index (χ1) is 15.8. The van der Waals surface area contributed by atoms with Crippen molar-refractivity contribution in [2.75, 3.05) is 11.6 Å². The first-order valence-corrected chi connectivity index (χ1v) is 11.3. The Labute approximate surface area is 188 Å². The van der Waals surface area contributed by atoms with Crippen molar-refractivity contribution < 1.29 is 35.2 Å². The number of nitrogens with zero attached hydrogens (tertiary/aromatic N) is 3. The number of amides is 1. The van der Waals surface area contributed by atoms with Crippen LogP contribution in [0.1, 0.15) is 16.1 Å². The van der Waals surface area contributed by atoms with Crippen LogP contribution in [0.5, 0.6) is 0 Å². The number of hydrogen-bond donors (Lipinski definition) is 1. The summed E-state index contributed by atoms with van der Waals surface area (Å²) in [6, 6.07) is 8.33. The molecule has 2 aromatic carbocycles. The molecule has 13 heteroatoms. The van der Waals surface area contributed by atoms with E-state index in [0.29, 0.717) is 16.6 Å². The number of anilines is 1. The molecule has 4 rings (SSSR count). The van der Waals surface area contributed by atoms with Gasteiger partial charge in [-0.25, -0.2) is 26.7 Å². The predicted octanol–water partition coefficient (Wildman–Crippen LogP) is 4.35. The SMILES string of the molecule is CS(=O)(=O)c1cccc(NC(=O)c2cnn3c(C(F)(F)F)cc(-c4ccc(F)c(F)c4)nc23)c1. The van der Waals surface area contributed by atoms with Crippen molar-refractivity contribution in [1.82, 2.24) is 14.6 Å². The molecular weight excluding hydrogens is 483 g/mol. The third kappa shape index (κ3) is 4.46. The molecule has 1 N–H and O–H groups in total. The number of carbonyl (C=O) groups is 1. The largest absolute Gasteiger partial charge is 0.433 e. The lowest BCUT2D eigenvalue weighted by Gasteiger charge is -2.12. The summed E-state index contributed by atoms with van der Waals surface area (Å²) < 4.78 is 91.9. The zero-order valence-corrected chi connectivity index (χ0v) is 17.9. The number of halogens is 5. The van der Waals surface area contributed by atoms with Crippen LogP contribution in [0, 0.1) is 11.6 Å². The van der Waals surface area contributed by atoms with Crippen LogP contribution in [0.4, 0.5) is 27.6 Å². The van der Waals surface area contributed by atoms with Crippen molar-refractivity contribution in [1.29, 1.82) is 0 Å². The third-order valence-electron chi connectivity index (χ3n) is 4.74. The highest BCUT2D eigenvalue weighted by Crippen LogP contribution is 2.33. The van der Waals surface area contributed by atoms with E-state index in [1.807, 2.05) is 0 Å². The first-order valence-electron chi connectivity index (χ1n) is 9.37. The van der Waals surface area contributed by atoms with E-state index in [2.05, 4.69) is 15.4 Å². The van der Waals surface area contributed by atoms with Gasteiger partial charge in [0.15, 0.2) is 32.8 Å². The van der Waals surface area contributed by atoms with Crippen molar-refractivity contribution in [3.63, 3.8) is 0 Å². The van der Waals surface area contributed by atoms with E-state index in [4.69, 9.17) is 0 Å². The molecule has 0 spiro atoms. The highest BCUT2D eigenvalue weighted by atomic mass is 32.2. The summed E-state index contributed by atoms with van der Waals surface area (Å²) in [5.41, 5.74) is -2.60. The van der Waals surface area contributed by atoms with Crippen LogP contribution in [0.25, 0.3) is 16.9 Å². The van der Waals surface area contributed by atoms with Crippen LogP contribution in [0.15, 0.2) is 59.6 Å². The van der Waals surface area contributed by atoms with Gasteiger partial charge in [0.25, 0.3) is 5.91 Å². The summed E-state index contributed by atoms with van der Waals surface area (Å²) in [7, 11) is -3.58. The Bertz CT molecular complexity index is 1550. The molecule has 1 amide bonds. The molecule has 0 aliphatic carbocycles. The predicted molar refractivity (Wildman–Crippen MR) is 111 cm³/mol. The second-order valence-electron chi connectivity index (χ2n) is 7.20. The minimum Gasteiger partial charge on any atom is -0.322 e. The van der Waals surface area contributed by atoms with Gasteiger partial charge in [0.05, 0.1) is 16.8 Å². The second-order valence-corrected chi connectivity index (χ2v) is 9.22. The van der Waals surface area contributed by atoms with E-state index < -0.39 is 44.9 Å². The average Bonchev–Trinajstić information content (AvgIpc) is 3.18. The molecule has 0 saturated heterocycles. The highest BCUT2D eigenvalue weighted by molar-refractivity contribution is 7.90. The third-order valence-corrected chi connectivity index (χ3v) is 5.85. The normalized spacial score (nSPS) is 12.2. The Hall–Kier alpha value is -3.87. The number of hydrogen-bond acceptors (Lipinski definition) is 5. The summed E-state index contributed by atoms with van der Waals surface area (Å²) in [6.07, 6.45) is -3.08. The molecule has 0 bridgehead atoms. The second kappa shape index (κ2) is 8.17. The van der Waals surface area contributed by atoms with Crippen molar-refractivity contribution in [2.45, 2.75) is 11.1 Å². The topological polar surface area (TPSA) is 93.4 Å². The van der Waals surface area contributed by atoms with E-state index in [-0.39, 0.29) is 27.4 Å². The van der Waals surface area contributed by atoms with Crippen LogP contribution in [-0.2, 0) is 16.0 Å². The highest BCUT2D eigenvalue weighted by Gasteiger charge is 2.36. The van der Waals surface area contributed by atoms with E-state index in [1.54, 1.807) is 0 Å². The maximum Gasteiger partial charge on any atom is 0.433 e. The zero-order valence-electron chi connectivity index (χ0n) is 17.1. The van der Waals surface area contributed by atoms with Gasteiger partial charge < -0.3 is 5.32 Å². The molecule has 0 saturated carbocycles. The molecule has 176 valence electrons. The zero-order chi connectivity index (χ0) is 24.8. The van der Waals surface area contributed by atoms with E-state index in [1.165, 1.54) is 24.3 Å². The molecule has 7 nitrogen and oxygen atoms in total. The van der Waals surface area contributed by atoms with E-state index in [9.17, 15) is 35.2 Å². The molecule has 0 aliphatic heterocycles. The first kappa shape index (κ1) is 23.3. The molecule has 0 unspecified atom stereocenters. The fourth-order valence-corrected chi connectivity index (χ4v) is 3.80. The molecule has 0 aliphatic rings. The van der Waals surface area contributed by atoms with Crippen LogP contribution in [0.2, 0.25) is 0 Å². The number of carbonyl (C=O) groups excluding carboxylic acids is 1. The summed E-state index contributed by atoms with van der Waals surface area (Å²) in [5.74, 6) is -3.39. The molecule has 2 aromatic heterocycles. The van der Waals surface area contributed by atoms with Gasteiger partial charge in [-0.05, 0) is 42.5 Å². The van der Waals surface area contributed by atoms with Crippen molar-refractivity contribution >= 4 is 27.1 Å². The minimum absolute atomic E-state index is 0.0695. The average molecular weight is 496 g/mol. The van der Waals surface area contributed by atoms with Crippen LogP contribution in [-0.4, -0.2) is 35.2 Å². The Morgan fingerprint density at radius 2 is 1.76 bits per heavy atom. The van der Waals surface area contributed by atoms with Gasteiger partial charge in [0.2, 0.25) is 0 Å². The molecule has 0 radical (unpaired) electrons. The van der Waals surface area contributed by atoms with E-state index >= 15 is 0 Å². The number of fused-ring (bicyclic) bond motifs is 1. The van der Waals surface area contributed by atoms with Gasteiger partial charge in [-0.2, -0.15) is 18.3 Å². The van der Waals surface area contributed by atoms with Crippen LogP contribution >= 0.6 is 0 Å². The van der Waals surface area contributed by atoms with Gasteiger partial charge in [0, 0.05) is 17.5 Å². The summed E-state index contributed by atoms with van der Waals surface area (Å²) in [5, 5.41) is 6.01. The lowest BCUT2D eigenvalue weighted by molar-refractivity contribution is -0.142. The smallest absolute Gasteiger partial charge is 0.322 e. The number of sulfone groups is 1. The number of aromatic nitrogens is 3. The van der Waals surface area contributed by atoms with Crippen molar-refractivity contribution in [2.24, 2.45) is 0 Å². The molecular formula is C21H13F5N4O3S. The quantitative estimate of drug-likeness (QED) is 0.424. The van der Waals surface area contributed by atoms with E-state index in [0.717, 1.165) is 24.6 Å². The van der Waals surface area contributed by atoms with Crippen molar-refractivity contribution in [3.05, 3.63) is 77.6 Å². The maximum absolute atomic E-state index is 13.7. The summed E-state index contributed by atoms with van der Waals surface area (Å²) >= 11 is 0. The summed E-state index contributed by atoms with van der Waals surface area (Å²) in [6.45, 7) is 0. The number of benzene rings is 2. The monoisotopic (exact) mass is 496 g/mol. The minimum atomic E-state index is -4.92. The lowest BCUT2D eigenvalue weighted by atomic mass is 10.1. The molecule has 0 fully saturated rings. The lowest BCUT2D eigenvalue weighted by Crippen LogP contribution is -2.16. The van der Waals surface area contributed by atoms with Gasteiger partial charge in [-0.15, -0.1) is 0 Å². The molecule has 2 heterocycles. The fourth-order valence-electron chi connectivity index (χ4n) is 3.13.